The molecular formula is C18H23N3O3S2. The van der Waals surface area contributed by atoms with Crippen LogP contribution in [0, 0.1) is 13.8 Å². The second kappa shape index (κ2) is 7.36. The molecule has 0 aliphatic carbocycles. The minimum atomic E-state index is -3.89. The maximum atomic E-state index is 13.1. The predicted molar refractivity (Wildman–Crippen MR) is 104 cm³/mol. The number of aromatic nitrogens is 1. The Morgan fingerprint density at radius 3 is 2.54 bits per heavy atom. The van der Waals surface area contributed by atoms with Gasteiger partial charge in [-0.15, -0.1) is 11.8 Å². The molecule has 1 saturated heterocycles. The molecule has 0 saturated carbocycles. The molecule has 6 nitrogen and oxygen atoms in total. The van der Waals surface area contributed by atoms with Gasteiger partial charge in [-0.25, -0.2) is 8.42 Å². The van der Waals surface area contributed by atoms with Crippen LogP contribution in [0.15, 0.2) is 34.1 Å². The lowest BCUT2D eigenvalue weighted by Crippen LogP contribution is -2.29. The Hall–Kier alpha value is -1.93. The zero-order chi connectivity index (χ0) is 18.9. The van der Waals surface area contributed by atoms with Crippen molar-refractivity contribution in [2.45, 2.75) is 36.5 Å². The van der Waals surface area contributed by atoms with Crippen molar-refractivity contribution in [3.05, 3.63) is 41.2 Å². The number of thioether (sulfide) groups is 1. The Labute approximate surface area is 158 Å². The average Bonchev–Trinajstić information content (AvgIpc) is 3.22. The molecule has 0 unspecified atom stereocenters. The molecule has 0 radical (unpaired) electrons. The highest BCUT2D eigenvalue weighted by atomic mass is 32.2. The number of carbonyl (C=O) groups excluding carboxylic acids is 1. The van der Waals surface area contributed by atoms with E-state index in [0.29, 0.717) is 30.2 Å². The van der Waals surface area contributed by atoms with Crippen LogP contribution in [0.4, 0.5) is 5.69 Å². The molecule has 2 heterocycles. The molecule has 140 valence electrons. The van der Waals surface area contributed by atoms with Crippen LogP contribution < -0.4 is 4.72 Å². The van der Waals surface area contributed by atoms with Crippen molar-refractivity contribution in [1.29, 1.82) is 0 Å². The summed E-state index contributed by atoms with van der Waals surface area (Å²) in [6.45, 7) is 4.76. The van der Waals surface area contributed by atoms with E-state index in [-0.39, 0.29) is 16.4 Å². The van der Waals surface area contributed by atoms with Crippen molar-refractivity contribution in [2.75, 3.05) is 24.1 Å². The van der Waals surface area contributed by atoms with Crippen LogP contribution in [-0.2, 0) is 10.0 Å². The van der Waals surface area contributed by atoms with Crippen LogP contribution >= 0.6 is 11.8 Å². The first kappa shape index (κ1) is 18.8. The molecule has 1 aliphatic rings. The number of aryl methyl sites for hydroxylation is 2. The molecule has 1 aliphatic heterocycles. The molecule has 8 heteroatoms. The number of likely N-dealkylation sites (tertiary alicyclic amines) is 1. The van der Waals surface area contributed by atoms with Crippen molar-refractivity contribution in [3.8, 4) is 0 Å². The number of anilines is 1. The molecule has 3 rings (SSSR count). The molecule has 2 N–H and O–H groups in total. The third-order valence-corrected chi connectivity index (χ3v) is 6.79. The van der Waals surface area contributed by atoms with E-state index in [1.54, 1.807) is 36.9 Å². The largest absolute Gasteiger partial charge is 0.361 e. The minimum Gasteiger partial charge on any atom is -0.361 e. The molecular weight excluding hydrogens is 370 g/mol. The second-order valence-electron chi connectivity index (χ2n) is 6.42. The third-order valence-electron chi connectivity index (χ3n) is 4.52. The van der Waals surface area contributed by atoms with Gasteiger partial charge >= 0.3 is 0 Å². The minimum absolute atomic E-state index is 0.0430. The summed E-state index contributed by atoms with van der Waals surface area (Å²) in [6.07, 6.45) is 3.84. The third kappa shape index (κ3) is 3.61. The summed E-state index contributed by atoms with van der Waals surface area (Å²) in [5.41, 5.74) is 1.78. The van der Waals surface area contributed by atoms with E-state index in [4.69, 9.17) is 0 Å². The van der Waals surface area contributed by atoms with Gasteiger partial charge in [-0.1, -0.05) is 6.07 Å². The van der Waals surface area contributed by atoms with Gasteiger partial charge in [0.15, 0.2) is 0 Å². The average molecular weight is 394 g/mol. The molecule has 1 aromatic carbocycles. The zero-order valence-electron chi connectivity index (χ0n) is 15.1. The number of benzene rings is 1. The fraction of sp³-hybridized carbons (Fsp3) is 0.389. The van der Waals surface area contributed by atoms with E-state index >= 15 is 0 Å². The van der Waals surface area contributed by atoms with E-state index in [1.807, 2.05) is 12.3 Å². The topological polar surface area (TPSA) is 82.3 Å². The number of aromatic amines is 1. The van der Waals surface area contributed by atoms with Crippen LogP contribution in [0.3, 0.4) is 0 Å². The Bertz CT molecular complexity index is 929. The summed E-state index contributed by atoms with van der Waals surface area (Å²) >= 11 is 1.54. The number of amides is 1. The standard InChI is InChI=1S/C18H23N3O3S2/c1-12-16(18(22)21-9-4-5-10-21)17(13(2)19-12)26(23,24)20-14-7-6-8-15(11-14)25-3/h6-8,11,19-20H,4-5,9-10H2,1-3H3. The van der Waals surface area contributed by atoms with Gasteiger partial charge in [-0.05, 0) is 51.1 Å². The molecule has 1 amide bonds. The van der Waals surface area contributed by atoms with Gasteiger partial charge in [0.1, 0.15) is 4.90 Å². The van der Waals surface area contributed by atoms with Crippen LogP contribution in [0.25, 0.3) is 0 Å². The van der Waals surface area contributed by atoms with Gasteiger partial charge in [0.05, 0.1) is 5.56 Å². The summed E-state index contributed by atoms with van der Waals surface area (Å²) in [5, 5.41) is 0. The number of nitrogens with zero attached hydrogens (tertiary/aromatic N) is 1. The molecule has 0 bridgehead atoms. The van der Waals surface area contributed by atoms with Gasteiger partial charge in [0.2, 0.25) is 0 Å². The van der Waals surface area contributed by atoms with Crippen molar-refractivity contribution in [2.24, 2.45) is 0 Å². The zero-order valence-corrected chi connectivity index (χ0v) is 16.8. The Kier molecular flexibility index (Phi) is 5.34. The van der Waals surface area contributed by atoms with Crippen LogP contribution in [0.2, 0.25) is 0 Å². The summed E-state index contributed by atoms with van der Waals surface area (Å²) in [5.74, 6) is -0.220. The number of rotatable bonds is 5. The van der Waals surface area contributed by atoms with Crippen LogP contribution in [-0.4, -0.2) is 43.6 Å². The summed E-state index contributed by atoms with van der Waals surface area (Å²) in [6, 6.07) is 7.19. The van der Waals surface area contributed by atoms with Crippen molar-refractivity contribution in [1.82, 2.24) is 9.88 Å². The quantitative estimate of drug-likeness (QED) is 0.763. The van der Waals surface area contributed by atoms with E-state index in [1.165, 1.54) is 11.8 Å². The van der Waals surface area contributed by atoms with Crippen molar-refractivity contribution >= 4 is 33.4 Å². The molecule has 26 heavy (non-hydrogen) atoms. The van der Waals surface area contributed by atoms with E-state index in [0.717, 1.165) is 17.7 Å². The van der Waals surface area contributed by atoms with Crippen LogP contribution in [0.5, 0.6) is 0 Å². The number of sulfonamides is 1. The monoisotopic (exact) mass is 393 g/mol. The number of hydrogen-bond donors (Lipinski definition) is 2. The van der Waals surface area contributed by atoms with Gasteiger partial charge in [-0.2, -0.15) is 0 Å². The van der Waals surface area contributed by atoms with Crippen LogP contribution in [0.1, 0.15) is 34.6 Å². The predicted octanol–water partition coefficient (Wildman–Crippen LogP) is 3.39. The van der Waals surface area contributed by atoms with E-state index in [9.17, 15) is 13.2 Å². The highest BCUT2D eigenvalue weighted by Crippen LogP contribution is 2.29. The molecule has 1 aromatic heterocycles. The number of hydrogen-bond acceptors (Lipinski definition) is 4. The lowest BCUT2D eigenvalue weighted by Gasteiger charge is -2.17. The first-order chi connectivity index (χ1) is 12.3. The molecule has 1 fully saturated rings. The smallest absolute Gasteiger partial charge is 0.264 e. The maximum absolute atomic E-state index is 13.1. The van der Waals surface area contributed by atoms with Gasteiger partial charge in [-0.3, -0.25) is 9.52 Å². The molecule has 2 aromatic rings. The number of nitrogens with one attached hydrogen (secondary N) is 2. The normalized spacial score (nSPS) is 14.7. The number of H-pyrrole nitrogens is 1. The maximum Gasteiger partial charge on any atom is 0.264 e. The fourth-order valence-electron chi connectivity index (χ4n) is 3.32. The Morgan fingerprint density at radius 1 is 1.19 bits per heavy atom. The summed E-state index contributed by atoms with van der Waals surface area (Å²) in [4.78, 5) is 18.7. The first-order valence-corrected chi connectivity index (χ1v) is 11.2. The number of carbonyl (C=O) groups is 1. The Balaban J connectivity index is 2.00. The van der Waals surface area contributed by atoms with Gasteiger partial charge in [0.25, 0.3) is 15.9 Å². The fourth-order valence-corrected chi connectivity index (χ4v) is 5.28. The molecule has 0 atom stereocenters. The van der Waals surface area contributed by atoms with Crippen molar-refractivity contribution < 1.29 is 13.2 Å². The van der Waals surface area contributed by atoms with E-state index < -0.39 is 10.0 Å². The highest BCUT2D eigenvalue weighted by Gasteiger charge is 2.32. The first-order valence-electron chi connectivity index (χ1n) is 8.49. The summed E-state index contributed by atoms with van der Waals surface area (Å²) < 4.78 is 28.8. The molecule has 0 spiro atoms. The van der Waals surface area contributed by atoms with Gasteiger partial charge in [0, 0.05) is 35.1 Å². The summed E-state index contributed by atoms with van der Waals surface area (Å²) in [7, 11) is -3.89. The lowest BCUT2D eigenvalue weighted by atomic mass is 10.2. The van der Waals surface area contributed by atoms with Crippen molar-refractivity contribution in [3.63, 3.8) is 0 Å². The Morgan fingerprint density at radius 2 is 1.88 bits per heavy atom. The SMILES string of the molecule is CSc1cccc(NS(=O)(=O)c2c(C)[nH]c(C)c2C(=O)N2CCCC2)c1. The highest BCUT2D eigenvalue weighted by molar-refractivity contribution is 7.98. The lowest BCUT2D eigenvalue weighted by molar-refractivity contribution is 0.0788. The van der Waals surface area contributed by atoms with E-state index in [2.05, 4.69) is 9.71 Å². The second-order valence-corrected chi connectivity index (χ2v) is 8.91. The van der Waals surface area contributed by atoms with Gasteiger partial charge < -0.3 is 9.88 Å².